The van der Waals surface area contributed by atoms with Gasteiger partial charge in [-0.1, -0.05) is 109 Å². The summed E-state index contributed by atoms with van der Waals surface area (Å²) in [5.74, 6) is -18.0. The van der Waals surface area contributed by atoms with E-state index in [1.165, 1.54) is 52.9 Å². The number of aliphatic hydroxyl groups excluding tert-OH is 6. The van der Waals surface area contributed by atoms with E-state index in [2.05, 4.69) is 42.5 Å². The number of phenolic OH excluding ortho intramolecular Hbond substituents is 3. The molecule has 11 bridgehead atoms. The second-order valence-electron chi connectivity index (χ2n) is 33.9. The molecule has 8 aliphatic heterocycles. The number of amides is 7. The van der Waals surface area contributed by atoms with E-state index in [1.54, 1.807) is 36.4 Å². The Morgan fingerprint density at radius 2 is 1.25 bits per heavy atom. The van der Waals surface area contributed by atoms with Gasteiger partial charge in [-0.2, -0.15) is 0 Å². The van der Waals surface area contributed by atoms with Crippen LogP contribution in [0.2, 0.25) is 15.1 Å². The summed E-state index contributed by atoms with van der Waals surface area (Å²) < 4.78 is 58.6. The third kappa shape index (κ3) is 21.6. The number of rotatable bonds is 23. The lowest BCUT2D eigenvalue weighted by molar-refractivity contribution is -0.334. The van der Waals surface area contributed by atoms with E-state index in [9.17, 15) is 75.3 Å². The van der Waals surface area contributed by atoms with Crippen LogP contribution >= 0.6 is 34.8 Å². The number of aliphatic hydroxyl groups is 6. The highest BCUT2D eigenvalue weighted by Gasteiger charge is 2.54. The molecule has 19 unspecified atom stereocenters. The van der Waals surface area contributed by atoms with Gasteiger partial charge in [-0.05, 0) is 141 Å². The van der Waals surface area contributed by atoms with Crippen molar-refractivity contribution in [3.05, 3.63) is 176 Å². The number of halogens is 3. The summed E-state index contributed by atoms with van der Waals surface area (Å²) in [6, 6.07) is 13.3. The average molecular weight is 1880 g/mol. The number of hydrogen-bond acceptors (Lipinski definition) is 30. The Morgan fingerprint density at radius 3 is 1.87 bits per heavy atom. The number of benzene rings is 7. The molecule has 702 valence electrons. The van der Waals surface area contributed by atoms with E-state index in [4.69, 9.17) is 88.9 Å². The molecule has 7 aromatic carbocycles. The highest BCUT2D eigenvalue weighted by molar-refractivity contribution is 6.33. The van der Waals surface area contributed by atoms with Crippen molar-refractivity contribution < 1.29 is 142 Å². The molecule has 3 saturated heterocycles. The molecule has 0 spiro atoms. The molecule has 7 amide bonds. The second-order valence-corrected chi connectivity index (χ2v) is 35.1. The molecule has 42 heteroatoms. The number of fused-ring (bicyclic) bond motifs is 15. The fraction of sp³-hybridized carbons (Fsp3) is 0.427. The molecule has 8 heterocycles. The quantitative estimate of drug-likeness (QED) is 0.0431. The SMILES string of the molecule is CN[C@H](CC(C)C)C(=O)N[C@@H]1C(=O)NC(CC(N)=O)C(=O)NC2C(=O)NC3C(=O)N[C@H](C(=O)NC(C(=O)O)c4cc(O)cc(O)c4-c4cc3ccc4O)[C@H](OC3CC(C)(N)C(O)C(C)O3)c3ccc(c(Cl)c3)Oc3cc2cc(c3OC2OC(CO)C(O)C(O)C2OC2CC(C)(NCC(OCc3ccc(-c4ccccc4Cl)cc3)C(=O)O)C(O)C(C)O2)Oc2ccc(cc2Cl)C1O. The number of hydrogen-bond donors (Lipinski definition) is 21. The lowest BCUT2D eigenvalue weighted by Gasteiger charge is -2.48. The number of likely N-dealkylation sites (N-methyl/N-ethyl adjacent to an activating group) is 1. The minimum atomic E-state index is -2.44. The van der Waals surface area contributed by atoms with Crippen molar-refractivity contribution in [3.8, 4) is 68.2 Å². The molecular weight excluding hydrogens is 1780 g/mol. The number of phenols is 3. The highest BCUT2D eigenvalue weighted by Crippen LogP contribution is 2.51. The van der Waals surface area contributed by atoms with Gasteiger partial charge in [0.1, 0.15) is 89.5 Å². The van der Waals surface area contributed by atoms with Crippen LogP contribution in [0.25, 0.3) is 22.3 Å². The standard InChI is InChI=1S/C89H101Cl3N10O29/c1-36(2)22-52(95-7)79(113)101-69-71(108)42-17-20-56(50(91)24-42)126-58-26-44-27-59(75(58)131-87-76(73(110)72(109)61(34-103)128-87)130-64-32-89(6,78(112)38(4)125-64)96-33-60(85(119)120)123-35-39-12-14-40(15-13-39)46-10-8-9-11-49(46)90)127-57-21-18-43(25-51(57)92)74(129-63-31-88(5,94)77(111)37(3)124-63)70-84(118)100-68(86(121)122)48-28-45(104)29-55(106)65(48)47-23-41(16-19-54(47)105)66(81(115)102-70)99-82(116)67(44)98-80(114)53(30-62(93)107)97-83(69)117/h8-21,23-29,36-38,52-53,60-61,63-64,66-74,76-78,87,95-96,103-106,108-112H,22,30-35,94H2,1-7H3,(H2,93,107)(H,97,117)(H,98,114)(H,99,116)(H,100,118)(H,101,113)(H,102,115)(H,119,120)(H,121,122)/t37?,38?,52-,53?,60?,61?,63?,64?,66?,67?,68?,69+,70+,71?,72?,73?,74-,76?,77?,78?,87?,88?,89?/m1/s1. The van der Waals surface area contributed by atoms with Gasteiger partial charge < -0.3 is 153 Å². The summed E-state index contributed by atoms with van der Waals surface area (Å²) in [5, 5.41) is 148. The number of carboxylic acids is 2. The summed E-state index contributed by atoms with van der Waals surface area (Å²) in [7, 11) is 1.46. The Morgan fingerprint density at radius 1 is 0.634 bits per heavy atom. The zero-order chi connectivity index (χ0) is 94.8. The Hall–Kier alpha value is -11.2. The maximum absolute atomic E-state index is 16.6. The van der Waals surface area contributed by atoms with Crippen LogP contribution in [0.4, 0.5) is 0 Å². The molecule has 39 nitrogen and oxygen atoms in total. The minimum absolute atomic E-state index is 0.137. The van der Waals surface area contributed by atoms with Crippen molar-refractivity contribution in [1.82, 2.24) is 42.5 Å². The Balaban J connectivity index is 0.989. The molecule has 23 atom stereocenters. The maximum Gasteiger partial charge on any atom is 0.334 e. The fourth-order valence-corrected chi connectivity index (χ4v) is 17.3. The smallest absolute Gasteiger partial charge is 0.334 e. The first kappa shape index (κ1) is 97.4. The van der Waals surface area contributed by atoms with Crippen molar-refractivity contribution in [3.63, 3.8) is 0 Å². The van der Waals surface area contributed by atoms with E-state index in [1.807, 2.05) is 26.0 Å². The number of primary amides is 1. The molecule has 15 rings (SSSR count). The second kappa shape index (κ2) is 40.5. The molecule has 131 heavy (non-hydrogen) atoms. The van der Waals surface area contributed by atoms with Gasteiger partial charge in [0.25, 0.3) is 0 Å². The molecule has 0 radical (unpaired) electrons. The molecule has 8 aliphatic rings. The van der Waals surface area contributed by atoms with Crippen molar-refractivity contribution in [1.29, 1.82) is 0 Å². The van der Waals surface area contributed by atoms with E-state index >= 15 is 24.0 Å². The van der Waals surface area contributed by atoms with E-state index < -0.39 is 303 Å². The van der Waals surface area contributed by atoms with Gasteiger partial charge in [-0.25, -0.2) is 9.59 Å². The largest absolute Gasteiger partial charge is 0.508 e. The van der Waals surface area contributed by atoms with Crippen LogP contribution < -0.4 is 68.2 Å². The van der Waals surface area contributed by atoms with Crippen LogP contribution in [0.3, 0.4) is 0 Å². The van der Waals surface area contributed by atoms with Crippen LogP contribution in [-0.4, -0.2) is 239 Å². The summed E-state index contributed by atoms with van der Waals surface area (Å²) >= 11 is 21.1. The fourth-order valence-electron chi connectivity index (χ4n) is 16.6. The molecule has 7 aromatic rings. The number of nitrogens with two attached hydrogens (primary N) is 2. The molecule has 0 aliphatic carbocycles. The molecular formula is C89H101Cl3N10O29. The van der Waals surface area contributed by atoms with Crippen LogP contribution in [0.5, 0.6) is 46.0 Å². The van der Waals surface area contributed by atoms with Gasteiger partial charge in [0.2, 0.25) is 53.4 Å². The lowest BCUT2D eigenvalue weighted by Crippen LogP contribution is -2.66. The lowest BCUT2D eigenvalue weighted by atomic mass is 9.84. The number of carbonyl (C=O) groups is 9. The van der Waals surface area contributed by atoms with Gasteiger partial charge in [0, 0.05) is 63.8 Å². The third-order valence-electron chi connectivity index (χ3n) is 23.7. The predicted molar refractivity (Wildman–Crippen MR) is 463 cm³/mol. The number of carboxylic acid groups (broad SMARTS) is 2. The van der Waals surface area contributed by atoms with Crippen molar-refractivity contribution in [2.75, 3.05) is 20.2 Å². The van der Waals surface area contributed by atoms with Crippen molar-refractivity contribution >= 4 is 88.1 Å². The van der Waals surface area contributed by atoms with Crippen LogP contribution in [-0.2, 0) is 78.2 Å². The van der Waals surface area contributed by atoms with Crippen molar-refractivity contribution in [2.45, 2.75) is 213 Å². The number of aromatic hydroxyl groups is 3. The summed E-state index contributed by atoms with van der Waals surface area (Å²) in [6.45, 7) is 7.83. The average Bonchev–Trinajstić information content (AvgIpc) is 0.761. The van der Waals surface area contributed by atoms with E-state index in [0.29, 0.717) is 10.6 Å². The minimum Gasteiger partial charge on any atom is -0.508 e. The normalized spacial score (nSPS) is 29.1. The first-order valence-corrected chi connectivity index (χ1v) is 42.9. The van der Waals surface area contributed by atoms with Crippen LogP contribution in [0.15, 0.2) is 127 Å². The number of aliphatic carboxylic acids is 2. The first-order chi connectivity index (χ1) is 62.0. The van der Waals surface area contributed by atoms with Gasteiger partial charge >= 0.3 is 11.9 Å². The van der Waals surface area contributed by atoms with E-state index in [0.717, 1.165) is 71.8 Å². The van der Waals surface area contributed by atoms with Crippen LogP contribution in [0.1, 0.15) is 131 Å². The Labute approximate surface area is 763 Å². The number of ether oxygens (including phenoxy) is 9. The van der Waals surface area contributed by atoms with Crippen molar-refractivity contribution in [2.24, 2.45) is 17.4 Å². The summed E-state index contributed by atoms with van der Waals surface area (Å²) in [4.78, 5) is 134. The van der Waals surface area contributed by atoms with Crippen LogP contribution in [0, 0.1) is 5.92 Å². The molecule has 0 saturated carbocycles. The predicted octanol–water partition coefficient (Wildman–Crippen LogP) is 3.97. The van der Waals surface area contributed by atoms with E-state index in [-0.39, 0.29) is 36.5 Å². The molecule has 0 aromatic heterocycles. The van der Waals surface area contributed by atoms with Gasteiger partial charge in [-0.3, -0.25) is 33.6 Å². The summed E-state index contributed by atoms with van der Waals surface area (Å²) in [5.41, 5.74) is 8.61. The number of nitrogens with one attached hydrogen (secondary N) is 8. The Bertz CT molecular complexity index is 5490. The number of carbonyl (C=O) groups excluding carboxylic acids is 7. The highest BCUT2D eigenvalue weighted by atomic mass is 35.5. The summed E-state index contributed by atoms with van der Waals surface area (Å²) in [6.07, 6.45) is -25.9. The maximum atomic E-state index is 16.6. The zero-order valence-electron chi connectivity index (χ0n) is 71.3. The molecule has 23 N–H and O–H groups in total. The van der Waals surface area contributed by atoms with Gasteiger partial charge in [0.05, 0.1) is 60.1 Å². The third-order valence-corrected chi connectivity index (χ3v) is 24.6. The topological polar surface area (TPSA) is 608 Å². The monoisotopic (exact) mass is 1880 g/mol. The Kier molecular flexibility index (Phi) is 30.1. The van der Waals surface area contributed by atoms with Gasteiger partial charge in [0.15, 0.2) is 42.3 Å². The van der Waals surface area contributed by atoms with Gasteiger partial charge in [-0.15, -0.1) is 0 Å². The molecule has 3 fully saturated rings. The first-order valence-electron chi connectivity index (χ1n) is 41.7. The zero-order valence-corrected chi connectivity index (χ0v) is 73.6.